The van der Waals surface area contributed by atoms with Gasteiger partial charge in [0.1, 0.15) is 0 Å². The molecule has 1 aromatic carbocycles. The van der Waals surface area contributed by atoms with Crippen LogP contribution in [0.1, 0.15) is 37.8 Å². The zero-order chi connectivity index (χ0) is 14.8. The second-order valence-corrected chi connectivity index (χ2v) is 6.14. The van der Waals surface area contributed by atoms with Crippen molar-refractivity contribution in [3.8, 4) is 0 Å². The molecule has 0 saturated heterocycles. The van der Waals surface area contributed by atoms with Crippen LogP contribution in [0.2, 0.25) is 10.0 Å². The summed E-state index contributed by atoms with van der Waals surface area (Å²) in [4.78, 5) is 11.8. The lowest BCUT2D eigenvalue weighted by Gasteiger charge is -2.36. The topological polar surface area (TPSA) is 61.4 Å². The number of carbonyl (C=O) groups excluding carboxylic acids is 1. The van der Waals surface area contributed by atoms with E-state index in [0.717, 1.165) is 24.8 Å². The molecule has 110 valence electrons. The smallest absolute Gasteiger partial charge is 0.315 e. The Morgan fingerprint density at radius 2 is 2.15 bits per heavy atom. The molecule has 1 aliphatic carbocycles. The standard InChI is InChI=1S/C14H18Cl2N2O2/c1-9(11-4-3-10(15)7-12(11)16)18-13(19)17-8-14(20)5-2-6-14/h3-4,7,9,20H,2,5-6,8H2,1H3,(H2,17,18,19). The van der Waals surface area contributed by atoms with Gasteiger partial charge in [-0.1, -0.05) is 29.3 Å². The minimum Gasteiger partial charge on any atom is -0.388 e. The zero-order valence-corrected chi connectivity index (χ0v) is 12.8. The van der Waals surface area contributed by atoms with E-state index in [-0.39, 0.29) is 18.6 Å². The fraction of sp³-hybridized carbons (Fsp3) is 0.500. The molecule has 1 saturated carbocycles. The third-order valence-electron chi connectivity index (χ3n) is 3.64. The van der Waals surface area contributed by atoms with E-state index < -0.39 is 5.60 Å². The first-order valence-electron chi connectivity index (χ1n) is 6.61. The first-order chi connectivity index (χ1) is 9.39. The number of nitrogens with one attached hydrogen (secondary N) is 2. The van der Waals surface area contributed by atoms with Gasteiger partial charge >= 0.3 is 6.03 Å². The van der Waals surface area contributed by atoms with Crippen molar-refractivity contribution in [3.05, 3.63) is 33.8 Å². The number of carbonyl (C=O) groups is 1. The van der Waals surface area contributed by atoms with Gasteiger partial charge in [-0.05, 0) is 43.9 Å². The lowest BCUT2D eigenvalue weighted by Crippen LogP contribution is -2.50. The average Bonchev–Trinajstić information content (AvgIpc) is 2.33. The summed E-state index contributed by atoms with van der Waals surface area (Å²) in [5.74, 6) is 0. The van der Waals surface area contributed by atoms with Crippen LogP contribution in [0, 0.1) is 0 Å². The van der Waals surface area contributed by atoms with Crippen LogP contribution in [0.3, 0.4) is 0 Å². The highest BCUT2D eigenvalue weighted by atomic mass is 35.5. The minimum atomic E-state index is -0.724. The van der Waals surface area contributed by atoms with E-state index in [4.69, 9.17) is 23.2 Å². The number of benzene rings is 1. The molecule has 2 rings (SSSR count). The Morgan fingerprint density at radius 1 is 1.45 bits per heavy atom. The maximum Gasteiger partial charge on any atom is 0.315 e. The Balaban J connectivity index is 1.86. The van der Waals surface area contributed by atoms with E-state index in [1.165, 1.54) is 0 Å². The molecule has 0 aromatic heterocycles. The SMILES string of the molecule is CC(NC(=O)NCC1(O)CCC1)c1ccc(Cl)cc1Cl. The van der Waals surface area contributed by atoms with E-state index >= 15 is 0 Å². The van der Waals surface area contributed by atoms with Crippen molar-refractivity contribution in [1.82, 2.24) is 10.6 Å². The summed E-state index contributed by atoms with van der Waals surface area (Å²) < 4.78 is 0. The molecule has 1 atom stereocenters. The molecular weight excluding hydrogens is 299 g/mol. The van der Waals surface area contributed by atoms with Gasteiger partial charge in [-0.25, -0.2) is 4.79 Å². The molecule has 6 heteroatoms. The predicted octanol–water partition coefficient (Wildman–Crippen LogP) is 3.27. The van der Waals surface area contributed by atoms with Crippen molar-refractivity contribution in [2.45, 2.75) is 37.8 Å². The summed E-state index contributed by atoms with van der Waals surface area (Å²) >= 11 is 11.9. The second-order valence-electron chi connectivity index (χ2n) is 5.29. The molecule has 0 radical (unpaired) electrons. The first kappa shape index (κ1) is 15.4. The summed E-state index contributed by atoms with van der Waals surface area (Å²) in [5, 5.41) is 16.5. The number of amides is 2. The first-order valence-corrected chi connectivity index (χ1v) is 7.37. The number of halogens is 2. The van der Waals surface area contributed by atoms with Crippen molar-refractivity contribution in [3.63, 3.8) is 0 Å². The molecule has 1 unspecified atom stereocenters. The summed E-state index contributed by atoms with van der Waals surface area (Å²) in [7, 11) is 0. The van der Waals surface area contributed by atoms with Crippen LogP contribution in [-0.2, 0) is 0 Å². The maximum atomic E-state index is 11.8. The third-order valence-corrected chi connectivity index (χ3v) is 4.20. The van der Waals surface area contributed by atoms with Crippen molar-refractivity contribution in [2.75, 3.05) is 6.54 Å². The number of hydrogen-bond donors (Lipinski definition) is 3. The van der Waals surface area contributed by atoms with Crippen LogP contribution in [0.4, 0.5) is 4.79 Å². The molecule has 0 spiro atoms. The van der Waals surface area contributed by atoms with E-state index in [2.05, 4.69) is 10.6 Å². The van der Waals surface area contributed by atoms with Crippen LogP contribution in [0.5, 0.6) is 0 Å². The summed E-state index contributed by atoms with van der Waals surface area (Å²) in [6.45, 7) is 2.12. The molecule has 0 heterocycles. The number of hydrogen-bond acceptors (Lipinski definition) is 2. The number of aliphatic hydroxyl groups is 1. The number of rotatable bonds is 4. The largest absolute Gasteiger partial charge is 0.388 e. The lowest BCUT2D eigenvalue weighted by molar-refractivity contribution is -0.0290. The van der Waals surface area contributed by atoms with Gasteiger partial charge in [0, 0.05) is 16.6 Å². The minimum absolute atomic E-state index is 0.240. The maximum absolute atomic E-state index is 11.8. The summed E-state index contributed by atoms with van der Waals surface area (Å²) in [5.41, 5.74) is 0.0759. The molecule has 3 N–H and O–H groups in total. The van der Waals surface area contributed by atoms with E-state index in [0.29, 0.717) is 10.0 Å². The van der Waals surface area contributed by atoms with Crippen LogP contribution >= 0.6 is 23.2 Å². The molecule has 1 fully saturated rings. The quantitative estimate of drug-likeness (QED) is 0.798. The Hall–Kier alpha value is -0.970. The number of urea groups is 1. The normalized spacial score (nSPS) is 18.0. The Morgan fingerprint density at radius 3 is 2.70 bits per heavy atom. The molecule has 1 aromatic rings. The van der Waals surface area contributed by atoms with Gasteiger partial charge < -0.3 is 15.7 Å². The van der Waals surface area contributed by atoms with Crippen molar-refractivity contribution < 1.29 is 9.90 Å². The third kappa shape index (κ3) is 3.78. The van der Waals surface area contributed by atoms with Crippen molar-refractivity contribution in [2.24, 2.45) is 0 Å². The van der Waals surface area contributed by atoms with Gasteiger partial charge in [-0.15, -0.1) is 0 Å². The van der Waals surface area contributed by atoms with Crippen LogP contribution < -0.4 is 10.6 Å². The van der Waals surface area contributed by atoms with Crippen molar-refractivity contribution >= 4 is 29.2 Å². The molecule has 2 amide bonds. The van der Waals surface area contributed by atoms with E-state index in [1.54, 1.807) is 18.2 Å². The monoisotopic (exact) mass is 316 g/mol. The van der Waals surface area contributed by atoms with Gasteiger partial charge in [-0.3, -0.25) is 0 Å². The van der Waals surface area contributed by atoms with Gasteiger partial charge in [0.15, 0.2) is 0 Å². The molecule has 1 aliphatic rings. The van der Waals surface area contributed by atoms with Gasteiger partial charge in [-0.2, -0.15) is 0 Å². The van der Waals surface area contributed by atoms with Crippen LogP contribution in [0.15, 0.2) is 18.2 Å². The van der Waals surface area contributed by atoms with Gasteiger partial charge in [0.25, 0.3) is 0 Å². The van der Waals surface area contributed by atoms with E-state index in [1.807, 2.05) is 6.92 Å². The Labute approximate surface area is 128 Å². The highest BCUT2D eigenvalue weighted by molar-refractivity contribution is 6.35. The molecular formula is C14H18Cl2N2O2. The fourth-order valence-electron chi connectivity index (χ4n) is 2.18. The molecule has 4 nitrogen and oxygen atoms in total. The Bertz CT molecular complexity index is 504. The average molecular weight is 317 g/mol. The van der Waals surface area contributed by atoms with Gasteiger partial charge in [0.05, 0.1) is 11.6 Å². The lowest BCUT2D eigenvalue weighted by atomic mass is 9.80. The zero-order valence-electron chi connectivity index (χ0n) is 11.2. The van der Waals surface area contributed by atoms with E-state index in [9.17, 15) is 9.90 Å². The van der Waals surface area contributed by atoms with Crippen LogP contribution in [0.25, 0.3) is 0 Å². The molecule has 0 bridgehead atoms. The highest BCUT2D eigenvalue weighted by Gasteiger charge is 2.34. The van der Waals surface area contributed by atoms with Crippen molar-refractivity contribution in [1.29, 1.82) is 0 Å². The highest BCUT2D eigenvalue weighted by Crippen LogP contribution is 2.30. The van der Waals surface area contributed by atoms with Crippen LogP contribution in [-0.4, -0.2) is 23.3 Å². The Kier molecular flexibility index (Phi) is 4.78. The predicted molar refractivity (Wildman–Crippen MR) is 80.2 cm³/mol. The molecule has 20 heavy (non-hydrogen) atoms. The summed E-state index contributed by atoms with van der Waals surface area (Å²) in [6.07, 6.45) is 2.49. The fourth-order valence-corrected chi connectivity index (χ4v) is 2.76. The summed E-state index contributed by atoms with van der Waals surface area (Å²) in [6, 6.07) is 4.61. The molecule has 0 aliphatic heterocycles. The second kappa shape index (κ2) is 6.20. The van der Waals surface area contributed by atoms with Gasteiger partial charge in [0.2, 0.25) is 0 Å².